The number of hydrogen-bond donors (Lipinski definition) is 1. The van der Waals surface area contributed by atoms with E-state index in [1.165, 1.54) is 16.8 Å². The molecule has 2 N–H and O–H groups in total. The number of benzene rings is 2. The number of fused-ring (bicyclic) bond motifs is 1. The van der Waals surface area contributed by atoms with Crippen LogP contribution >= 0.6 is 0 Å². The Morgan fingerprint density at radius 3 is 2.42 bits per heavy atom. The Kier molecular flexibility index (Phi) is 6.28. The number of methoxy groups -OCH3 is 1. The summed E-state index contributed by atoms with van der Waals surface area (Å²) in [6.07, 6.45) is 8.73. The Balaban J connectivity index is 1.32. The van der Waals surface area contributed by atoms with Gasteiger partial charge < -0.3 is 15.4 Å². The first-order valence-corrected chi connectivity index (χ1v) is 14.0. The summed E-state index contributed by atoms with van der Waals surface area (Å²) in [4.78, 5) is 16.9. The fraction of sp³-hybridized carbons (Fsp3) is 0.242. The van der Waals surface area contributed by atoms with Crippen LogP contribution in [-0.4, -0.2) is 45.8 Å². The predicted molar refractivity (Wildman–Crippen MR) is 161 cm³/mol. The summed E-state index contributed by atoms with van der Waals surface area (Å²) in [6.45, 7) is 1.98. The minimum Gasteiger partial charge on any atom is -0.383 e. The Labute approximate surface area is 234 Å². The number of nitrogen functional groups attached to an aromatic ring is 1. The van der Waals surface area contributed by atoms with Crippen LogP contribution in [0.1, 0.15) is 31.2 Å². The quantitative estimate of drug-likeness (QED) is 0.270. The first-order chi connectivity index (χ1) is 19.7. The predicted octanol–water partition coefficient (Wildman–Crippen LogP) is 6.52. The first kappa shape index (κ1) is 24.5. The molecule has 1 fully saturated rings. The van der Waals surface area contributed by atoms with Gasteiger partial charge in [-0.25, -0.2) is 15.0 Å². The van der Waals surface area contributed by atoms with Crippen LogP contribution in [-0.2, 0) is 4.74 Å². The molecule has 200 valence electrons. The number of pyridine rings is 2. The topological polar surface area (TPSA) is 82.1 Å². The molecule has 0 spiro atoms. The van der Waals surface area contributed by atoms with E-state index in [1.807, 2.05) is 19.2 Å². The fourth-order valence-corrected chi connectivity index (χ4v) is 5.74. The lowest BCUT2D eigenvalue weighted by Crippen LogP contribution is -2.36. The third-order valence-electron chi connectivity index (χ3n) is 8.17. The summed E-state index contributed by atoms with van der Waals surface area (Å²) >= 11 is 0. The van der Waals surface area contributed by atoms with Gasteiger partial charge in [-0.3, -0.25) is 4.57 Å². The summed E-state index contributed by atoms with van der Waals surface area (Å²) in [5, 5.41) is 0. The summed E-state index contributed by atoms with van der Waals surface area (Å²) in [5.74, 6) is 1.18. The van der Waals surface area contributed by atoms with Gasteiger partial charge in [0.25, 0.3) is 0 Å². The zero-order chi connectivity index (χ0) is 27.1. The lowest BCUT2D eigenvalue weighted by Gasteiger charge is -2.33. The standard InChI is InChI=1S/C33H32N6O/c1-40-27-16-19-38(20-17-27)26-8-3-7-24(21-26)29-14-15-30-33(36-29)39(32(37-30)28-9-4-18-35-31(28)34)25-12-10-23(11-13-25)22-5-2-6-22/h3-5,7-15,18,21,27H,2,6,16-17,19-20H2,1H3,(H2,34,35). The van der Waals surface area contributed by atoms with Crippen LogP contribution in [0.25, 0.3) is 45.1 Å². The smallest absolute Gasteiger partial charge is 0.165 e. The van der Waals surface area contributed by atoms with E-state index in [1.54, 1.807) is 6.20 Å². The van der Waals surface area contributed by atoms with Crippen LogP contribution in [0.5, 0.6) is 0 Å². The van der Waals surface area contributed by atoms with Gasteiger partial charge in [0.15, 0.2) is 11.5 Å². The van der Waals surface area contributed by atoms with Crippen LogP contribution in [0.4, 0.5) is 11.5 Å². The third kappa shape index (κ3) is 4.42. The van der Waals surface area contributed by atoms with E-state index >= 15 is 0 Å². The second-order valence-corrected chi connectivity index (χ2v) is 10.5. The Hall–Kier alpha value is -4.49. The average Bonchev–Trinajstić information content (AvgIpc) is 3.35. The highest BCUT2D eigenvalue weighted by Gasteiger charge is 2.21. The maximum absolute atomic E-state index is 6.33. The molecular formula is C33H32N6O. The van der Waals surface area contributed by atoms with E-state index in [-0.39, 0.29) is 0 Å². The van der Waals surface area contributed by atoms with Gasteiger partial charge in [-0.2, -0.15) is 0 Å². The maximum atomic E-state index is 6.33. The molecule has 3 aromatic heterocycles. The van der Waals surface area contributed by atoms with Crippen molar-refractivity contribution in [2.75, 3.05) is 30.8 Å². The van der Waals surface area contributed by atoms with Crippen molar-refractivity contribution in [2.24, 2.45) is 0 Å². The third-order valence-corrected chi connectivity index (χ3v) is 8.17. The van der Waals surface area contributed by atoms with Crippen molar-refractivity contribution < 1.29 is 4.74 Å². The minimum atomic E-state index is 0.353. The van der Waals surface area contributed by atoms with E-state index in [4.69, 9.17) is 20.4 Å². The second-order valence-electron chi connectivity index (χ2n) is 10.5. The maximum Gasteiger partial charge on any atom is 0.165 e. The molecule has 1 aliphatic heterocycles. The number of allylic oxidation sites excluding steroid dienone is 2. The van der Waals surface area contributed by atoms with Crippen molar-refractivity contribution >= 4 is 28.2 Å². The van der Waals surface area contributed by atoms with Gasteiger partial charge in [0.1, 0.15) is 11.3 Å². The first-order valence-electron chi connectivity index (χ1n) is 14.0. The van der Waals surface area contributed by atoms with E-state index in [0.717, 1.165) is 78.3 Å². The summed E-state index contributed by atoms with van der Waals surface area (Å²) in [5.41, 5.74) is 15.6. The molecule has 0 atom stereocenters. The fourth-order valence-electron chi connectivity index (χ4n) is 5.74. The van der Waals surface area contributed by atoms with Crippen molar-refractivity contribution in [1.82, 2.24) is 19.5 Å². The van der Waals surface area contributed by atoms with Crippen LogP contribution in [0.3, 0.4) is 0 Å². The molecule has 1 aliphatic carbocycles. The van der Waals surface area contributed by atoms with Crippen LogP contribution < -0.4 is 10.6 Å². The minimum absolute atomic E-state index is 0.353. The van der Waals surface area contributed by atoms with Gasteiger partial charge in [0.2, 0.25) is 0 Å². The van der Waals surface area contributed by atoms with Gasteiger partial charge in [-0.15, -0.1) is 0 Å². The van der Waals surface area contributed by atoms with Gasteiger partial charge >= 0.3 is 0 Å². The Morgan fingerprint density at radius 1 is 0.875 bits per heavy atom. The molecule has 2 aromatic carbocycles. The number of piperidine rings is 1. The summed E-state index contributed by atoms with van der Waals surface area (Å²) < 4.78 is 7.67. The molecule has 2 aliphatic rings. The molecule has 40 heavy (non-hydrogen) atoms. The van der Waals surface area contributed by atoms with Gasteiger partial charge in [0.05, 0.1) is 17.4 Å². The second kappa shape index (κ2) is 10.2. The van der Waals surface area contributed by atoms with Crippen molar-refractivity contribution in [3.05, 3.63) is 90.6 Å². The number of imidazole rings is 1. The van der Waals surface area contributed by atoms with Crippen molar-refractivity contribution in [3.63, 3.8) is 0 Å². The van der Waals surface area contributed by atoms with Crippen LogP contribution in [0.15, 0.2) is 85.1 Å². The van der Waals surface area contributed by atoms with E-state index < -0.39 is 0 Å². The average molecular weight is 529 g/mol. The lowest BCUT2D eigenvalue weighted by atomic mass is 9.92. The molecule has 7 heteroatoms. The molecule has 5 aromatic rings. The monoisotopic (exact) mass is 528 g/mol. The lowest BCUT2D eigenvalue weighted by molar-refractivity contribution is 0.0819. The molecule has 7 rings (SSSR count). The highest BCUT2D eigenvalue weighted by atomic mass is 16.5. The molecular weight excluding hydrogens is 496 g/mol. The molecule has 0 amide bonds. The molecule has 0 saturated carbocycles. The molecule has 1 saturated heterocycles. The number of nitrogens with two attached hydrogens (primary N) is 1. The van der Waals surface area contributed by atoms with E-state index in [9.17, 15) is 0 Å². The normalized spacial score (nSPS) is 15.7. The SMILES string of the molecule is COC1CCN(c2cccc(-c3ccc4nc(-c5cccnc5N)n(-c5ccc(C6=CCC6)cc5)c4n3)c2)CC1. The summed E-state index contributed by atoms with van der Waals surface area (Å²) in [6, 6.07) is 25.3. The van der Waals surface area contributed by atoms with Gasteiger partial charge in [0, 0.05) is 43.3 Å². The highest BCUT2D eigenvalue weighted by molar-refractivity contribution is 5.85. The number of nitrogens with zero attached hydrogens (tertiary/aromatic N) is 5. The van der Waals surface area contributed by atoms with Gasteiger partial charge in [-0.1, -0.05) is 30.3 Å². The van der Waals surface area contributed by atoms with Crippen molar-refractivity contribution in [3.8, 4) is 28.3 Å². The Morgan fingerprint density at radius 2 is 1.70 bits per heavy atom. The number of anilines is 2. The number of aromatic nitrogens is 4. The number of rotatable bonds is 6. The Bertz CT molecular complexity index is 1710. The molecule has 7 nitrogen and oxygen atoms in total. The molecule has 0 radical (unpaired) electrons. The summed E-state index contributed by atoms with van der Waals surface area (Å²) in [7, 11) is 1.81. The van der Waals surface area contributed by atoms with Crippen LogP contribution in [0.2, 0.25) is 0 Å². The molecule has 4 heterocycles. The van der Waals surface area contributed by atoms with Gasteiger partial charge in [-0.05, 0) is 85.4 Å². The van der Waals surface area contributed by atoms with E-state index in [2.05, 4.69) is 81.2 Å². The van der Waals surface area contributed by atoms with Crippen molar-refractivity contribution in [1.29, 1.82) is 0 Å². The van der Waals surface area contributed by atoms with Crippen LogP contribution in [0, 0.1) is 0 Å². The van der Waals surface area contributed by atoms with E-state index in [0.29, 0.717) is 11.9 Å². The highest BCUT2D eigenvalue weighted by Crippen LogP contribution is 2.34. The molecule has 0 unspecified atom stereocenters. The van der Waals surface area contributed by atoms with Crippen molar-refractivity contribution in [2.45, 2.75) is 31.8 Å². The zero-order valence-electron chi connectivity index (χ0n) is 22.6. The number of ether oxygens (including phenoxy) is 1. The number of hydrogen-bond acceptors (Lipinski definition) is 6. The largest absolute Gasteiger partial charge is 0.383 e. The zero-order valence-corrected chi connectivity index (χ0v) is 22.6. The molecule has 0 bridgehead atoms.